The van der Waals surface area contributed by atoms with Crippen LogP contribution in [0.3, 0.4) is 0 Å². The van der Waals surface area contributed by atoms with Crippen molar-refractivity contribution < 1.29 is 28.6 Å². The Balaban J connectivity index is 0.00000436. The van der Waals surface area contributed by atoms with Crippen LogP contribution >= 0.6 is 0 Å². The summed E-state index contributed by atoms with van der Waals surface area (Å²) in [6.45, 7) is 7.76. The van der Waals surface area contributed by atoms with E-state index in [2.05, 4.69) is 10.6 Å². The summed E-state index contributed by atoms with van der Waals surface area (Å²) in [5.74, 6) is -0.506. The molecule has 2 amide bonds. The number of ether oxygens (including phenoxy) is 3. The monoisotopic (exact) mass is 436 g/mol. The second-order valence-electron chi connectivity index (χ2n) is 7.44. The highest BCUT2D eigenvalue weighted by Gasteiger charge is 2.24. The summed E-state index contributed by atoms with van der Waals surface area (Å²) in [4.78, 5) is 35.7. The molecule has 1 aromatic carbocycles. The molecule has 0 aromatic heterocycles. The van der Waals surface area contributed by atoms with Gasteiger partial charge in [-0.05, 0) is 52.5 Å². The average Bonchev–Trinajstić information content (AvgIpc) is 2.72. The van der Waals surface area contributed by atoms with Crippen LogP contribution in [-0.4, -0.2) is 43.0 Å². The molecule has 0 saturated heterocycles. The van der Waals surface area contributed by atoms with E-state index < -0.39 is 29.8 Å². The number of esters is 1. The van der Waals surface area contributed by atoms with Gasteiger partial charge in [-0.25, -0.2) is 14.4 Å². The zero-order chi connectivity index (χ0) is 23.7. The van der Waals surface area contributed by atoms with Crippen LogP contribution in [0.15, 0.2) is 30.3 Å². The van der Waals surface area contributed by atoms with Gasteiger partial charge in [-0.2, -0.15) is 0 Å². The van der Waals surface area contributed by atoms with Gasteiger partial charge in [0.05, 0.1) is 6.61 Å². The number of amides is 2. The van der Waals surface area contributed by atoms with E-state index in [1.807, 2.05) is 30.3 Å². The number of hydrogen-bond acceptors (Lipinski definition) is 8. The molecule has 1 aromatic rings. The van der Waals surface area contributed by atoms with Gasteiger partial charge < -0.3 is 24.8 Å². The molecule has 0 heterocycles. The summed E-state index contributed by atoms with van der Waals surface area (Å²) in [5, 5.41) is 17.2. The molecule has 10 nitrogen and oxygen atoms in total. The summed E-state index contributed by atoms with van der Waals surface area (Å²) in [5.41, 5.74) is 0.251. The maximum Gasteiger partial charge on any atom is 0.408 e. The summed E-state index contributed by atoms with van der Waals surface area (Å²) < 4.78 is 15.3. The van der Waals surface area contributed by atoms with Gasteiger partial charge >= 0.3 is 18.2 Å². The van der Waals surface area contributed by atoms with E-state index in [1.165, 1.54) is 0 Å². The maximum atomic E-state index is 12.1. The molecule has 10 heteroatoms. The SMILES string of the molecule is CCOC(=O)[C@H](CCCCNC(=O)OCc1ccccc1)NC(=O)OC(C)(C)C.N#N. The molecule has 0 aliphatic carbocycles. The second kappa shape index (κ2) is 15.5. The van der Waals surface area contributed by atoms with Gasteiger partial charge in [0.25, 0.3) is 0 Å². The van der Waals surface area contributed by atoms with Crippen LogP contribution in [-0.2, 0) is 25.6 Å². The number of carbonyl (C=O) groups is 3. The van der Waals surface area contributed by atoms with Crippen molar-refractivity contribution >= 4 is 18.2 Å². The Hall–Kier alpha value is -3.35. The highest BCUT2D eigenvalue weighted by Crippen LogP contribution is 2.09. The lowest BCUT2D eigenvalue weighted by Gasteiger charge is -2.22. The molecule has 172 valence electrons. The van der Waals surface area contributed by atoms with Crippen LogP contribution in [0.2, 0.25) is 0 Å². The van der Waals surface area contributed by atoms with Crippen molar-refractivity contribution in [3.63, 3.8) is 0 Å². The minimum atomic E-state index is -0.796. The van der Waals surface area contributed by atoms with E-state index in [9.17, 15) is 14.4 Å². The molecule has 31 heavy (non-hydrogen) atoms. The van der Waals surface area contributed by atoms with E-state index in [4.69, 9.17) is 25.0 Å². The van der Waals surface area contributed by atoms with E-state index in [-0.39, 0.29) is 13.2 Å². The van der Waals surface area contributed by atoms with Crippen molar-refractivity contribution in [3.8, 4) is 0 Å². The highest BCUT2D eigenvalue weighted by molar-refractivity contribution is 5.81. The lowest BCUT2D eigenvalue weighted by atomic mass is 10.1. The summed E-state index contributed by atoms with van der Waals surface area (Å²) in [6, 6.07) is 8.60. The largest absolute Gasteiger partial charge is 0.464 e. The van der Waals surface area contributed by atoms with Crippen LogP contribution in [0.4, 0.5) is 9.59 Å². The molecule has 0 saturated carbocycles. The van der Waals surface area contributed by atoms with Gasteiger partial charge in [-0.3, -0.25) is 0 Å². The van der Waals surface area contributed by atoms with Gasteiger partial charge in [0.2, 0.25) is 0 Å². The average molecular weight is 437 g/mol. The van der Waals surface area contributed by atoms with Gasteiger partial charge in [0.1, 0.15) is 18.2 Å². The molecular weight excluding hydrogens is 404 g/mol. The smallest absolute Gasteiger partial charge is 0.408 e. The Morgan fingerprint density at radius 2 is 1.65 bits per heavy atom. The molecule has 1 atom stereocenters. The van der Waals surface area contributed by atoms with Gasteiger partial charge in [-0.15, -0.1) is 0 Å². The van der Waals surface area contributed by atoms with Crippen LogP contribution < -0.4 is 10.6 Å². The fourth-order valence-electron chi connectivity index (χ4n) is 2.38. The topological polar surface area (TPSA) is 151 Å². The van der Waals surface area contributed by atoms with Crippen molar-refractivity contribution in [2.45, 2.75) is 65.2 Å². The Bertz CT molecular complexity index is 688. The molecular formula is C21H32N4O6. The summed E-state index contributed by atoms with van der Waals surface area (Å²) in [7, 11) is 0. The molecule has 1 rings (SSSR count). The van der Waals surface area contributed by atoms with Crippen molar-refractivity contribution in [1.29, 1.82) is 10.8 Å². The lowest BCUT2D eigenvalue weighted by Crippen LogP contribution is -2.44. The van der Waals surface area contributed by atoms with Gasteiger partial charge in [0, 0.05) is 17.3 Å². The minimum Gasteiger partial charge on any atom is -0.464 e. The summed E-state index contributed by atoms with van der Waals surface area (Å²) in [6.07, 6.45) is 0.421. The molecule has 0 aliphatic heterocycles. The van der Waals surface area contributed by atoms with E-state index in [1.54, 1.807) is 27.7 Å². The van der Waals surface area contributed by atoms with Crippen molar-refractivity contribution in [2.24, 2.45) is 0 Å². The van der Waals surface area contributed by atoms with Gasteiger partial charge in [-0.1, -0.05) is 30.3 Å². The lowest BCUT2D eigenvalue weighted by molar-refractivity contribution is -0.145. The standard InChI is InChI=1S/C21H32N2O6.N2/c1-5-27-18(24)17(23-20(26)29-21(2,3)4)13-9-10-14-22-19(25)28-15-16-11-7-6-8-12-16;1-2/h6-8,11-12,17H,5,9-10,13-15H2,1-4H3,(H,22,25)(H,23,26);/t17-;/m0./s1. The Kier molecular flexibility index (Phi) is 13.8. The molecule has 2 N–H and O–H groups in total. The first-order valence-corrected chi connectivity index (χ1v) is 10.0. The Morgan fingerprint density at radius 1 is 1.00 bits per heavy atom. The Labute approximate surface area is 183 Å². The summed E-state index contributed by atoms with van der Waals surface area (Å²) >= 11 is 0. The highest BCUT2D eigenvalue weighted by atomic mass is 16.6. The number of rotatable bonds is 10. The molecule has 0 aliphatic rings. The number of unbranched alkanes of at least 4 members (excludes halogenated alkanes) is 1. The first-order valence-electron chi connectivity index (χ1n) is 10.0. The minimum absolute atomic E-state index is 0.206. The third-order valence-corrected chi connectivity index (χ3v) is 3.66. The quantitative estimate of drug-likeness (QED) is 0.244. The zero-order valence-electron chi connectivity index (χ0n) is 18.6. The van der Waals surface area contributed by atoms with E-state index >= 15 is 0 Å². The molecule has 0 bridgehead atoms. The van der Waals surface area contributed by atoms with Crippen LogP contribution in [0.5, 0.6) is 0 Å². The molecule has 0 radical (unpaired) electrons. The number of hydrogen-bond donors (Lipinski definition) is 2. The number of nitrogens with zero attached hydrogens (tertiary/aromatic N) is 2. The third kappa shape index (κ3) is 14.3. The van der Waals surface area contributed by atoms with Gasteiger partial charge in [0.15, 0.2) is 0 Å². The second-order valence-corrected chi connectivity index (χ2v) is 7.44. The predicted molar refractivity (Wildman–Crippen MR) is 112 cm³/mol. The van der Waals surface area contributed by atoms with Crippen molar-refractivity contribution in [1.82, 2.24) is 10.6 Å². The first kappa shape index (κ1) is 27.6. The van der Waals surface area contributed by atoms with Crippen LogP contribution in [0.25, 0.3) is 0 Å². The molecule has 0 unspecified atom stereocenters. The fourth-order valence-corrected chi connectivity index (χ4v) is 2.38. The molecule has 0 spiro atoms. The zero-order valence-corrected chi connectivity index (χ0v) is 18.6. The number of carbonyl (C=O) groups excluding carboxylic acids is 3. The number of alkyl carbamates (subject to hydrolysis) is 2. The fraction of sp³-hybridized carbons (Fsp3) is 0.571. The van der Waals surface area contributed by atoms with E-state index in [0.29, 0.717) is 25.8 Å². The molecule has 0 fully saturated rings. The van der Waals surface area contributed by atoms with E-state index in [0.717, 1.165) is 5.56 Å². The first-order chi connectivity index (χ1) is 14.7. The maximum absolute atomic E-state index is 12.1. The van der Waals surface area contributed by atoms with Crippen molar-refractivity contribution in [2.75, 3.05) is 13.2 Å². The predicted octanol–water partition coefficient (Wildman–Crippen LogP) is 3.57. The van der Waals surface area contributed by atoms with Crippen LogP contribution in [0, 0.1) is 10.8 Å². The Morgan fingerprint density at radius 3 is 2.23 bits per heavy atom. The third-order valence-electron chi connectivity index (χ3n) is 3.66. The van der Waals surface area contributed by atoms with Crippen LogP contribution in [0.1, 0.15) is 52.5 Å². The number of nitrogens with one attached hydrogen (secondary N) is 2. The normalized spacial score (nSPS) is 11.2. The number of benzene rings is 1. The van der Waals surface area contributed by atoms with Crippen molar-refractivity contribution in [3.05, 3.63) is 35.9 Å².